The summed E-state index contributed by atoms with van der Waals surface area (Å²) in [5.41, 5.74) is 20.6. The van der Waals surface area contributed by atoms with Gasteiger partial charge in [0.1, 0.15) is 11.2 Å². The predicted octanol–water partition coefficient (Wildman–Crippen LogP) is 16.4. The van der Waals surface area contributed by atoms with Crippen molar-refractivity contribution in [2.24, 2.45) is 40.9 Å². The van der Waals surface area contributed by atoms with Gasteiger partial charge in [-0.25, -0.2) is 0 Å². The highest BCUT2D eigenvalue weighted by Gasteiger charge is 2.87. The van der Waals surface area contributed by atoms with Crippen LogP contribution in [0.25, 0.3) is 103 Å². The number of hydrogen-bond acceptors (Lipinski definition) is 3. The van der Waals surface area contributed by atoms with Crippen LogP contribution in [0.3, 0.4) is 0 Å². The summed E-state index contributed by atoms with van der Waals surface area (Å²) < 4.78 is 12.6. The maximum atomic E-state index is 7.29. The van der Waals surface area contributed by atoms with E-state index in [9.17, 15) is 0 Å². The second kappa shape index (κ2) is 13.1. The number of nitrogens with one attached hydrogen (secondary N) is 1. The van der Waals surface area contributed by atoms with E-state index in [2.05, 4.69) is 174 Å². The minimum atomic E-state index is 0.362. The molecule has 0 radical (unpaired) electrons. The third kappa shape index (κ3) is 4.39. The lowest BCUT2D eigenvalue weighted by molar-refractivity contribution is -0.395. The van der Waals surface area contributed by atoms with Gasteiger partial charge in [0.15, 0.2) is 7.28 Å². The monoisotopic (exact) mass is 966 g/mol. The molecule has 3 aromatic heterocycles. The molecule has 1 aliphatic heterocycles. The van der Waals surface area contributed by atoms with Crippen LogP contribution in [0, 0.1) is 40.9 Å². The van der Waals surface area contributed by atoms with Crippen molar-refractivity contribution in [3.8, 4) is 27.9 Å². The zero-order chi connectivity index (χ0) is 47.6. The van der Waals surface area contributed by atoms with E-state index in [4.69, 9.17) is 4.42 Å². The van der Waals surface area contributed by atoms with E-state index in [1.54, 1.807) is 11.1 Å². The van der Waals surface area contributed by atoms with Crippen LogP contribution in [0.15, 0.2) is 168 Å². The maximum absolute atomic E-state index is 7.29. The summed E-state index contributed by atoms with van der Waals surface area (Å²) in [5.74, 6) is 5.50. The van der Waals surface area contributed by atoms with Crippen LogP contribution in [0.2, 0.25) is 0 Å². The molecule has 3 nitrogen and oxygen atoms in total. The van der Waals surface area contributed by atoms with Crippen molar-refractivity contribution in [3.05, 3.63) is 175 Å². The van der Waals surface area contributed by atoms with Crippen molar-refractivity contribution in [1.82, 2.24) is 4.57 Å². The summed E-state index contributed by atoms with van der Waals surface area (Å²) in [4.78, 5) is 0. The number of rotatable bonds is 6. The lowest BCUT2D eigenvalue weighted by Crippen LogP contribution is -2.87. The number of nitrogens with zero attached hydrogens (tertiary/aromatic N) is 1. The average molecular weight is 967 g/mol. The molecule has 352 valence electrons. The lowest BCUT2D eigenvalue weighted by Gasteiger charge is -2.91. The van der Waals surface area contributed by atoms with Gasteiger partial charge in [-0.3, -0.25) is 0 Å². The molecule has 0 saturated heterocycles. The number of hydrogen-bond donors (Lipinski definition) is 1. The van der Waals surface area contributed by atoms with Gasteiger partial charge >= 0.3 is 0 Å². The van der Waals surface area contributed by atoms with Crippen LogP contribution < -0.4 is 16.2 Å². The second-order valence-electron chi connectivity index (χ2n) is 24.8. The summed E-state index contributed by atoms with van der Waals surface area (Å²) in [6.45, 7) is 0. The molecule has 7 aliphatic carbocycles. The molecule has 7 saturated carbocycles. The van der Waals surface area contributed by atoms with Crippen molar-refractivity contribution in [3.63, 3.8) is 0 Å². The maximum Gasteiger partial charge on any atom is 0.198 e. The van der Waals surface area contributed by atoms with Crippen molar-refractivity contribution in [2.75, 3.05) is 5.32 Å². The molecule has 0 amide bonds. The van der Waals surface area contributed by atoms with Crippen molar-refractivity contribution in [2.45, 2.75) is 62.2 Å². The molecule has 4 unspecified atom stereocenters. The highest BCUT2D eigenvalue weighted by molar-refractivity contribution is 7.26. The molecule has 8 aliphatic rings. The number of furan rings is 1. The molecule has 74 heavy (non-hydrogen) atoms. The Bertz CT molecular complexity index is 4530. The Morgan fingerprint density at radius 2 is 1.27 bits per heavy atom. The highest BCUT2D eigenvalue weighted by atomic mass is 32.1. The number of anilines is 2. The first-order valence-electron chi connectivity index (χ1n) is 27.9. The number of aromatic nitrogens is 1. The first-order valence-corrected chi connectivity index (χ1v) is 28.8. The van der Waals surface area contributed by atoms with Gasteiger partial charge in [0, 0.05) is 86.3 Å². The molecule has 7 fully saturated rings. The van der Waals surface area contributed by atoms with Gasteiger partial charge < -0.3 is 14.3 Å². The van der Waals surface area contributed by atoms with Gasteiger partial charge in [-0.15, -0.1) is 11.3 Å². The zero-order valence-electron chi connectivity index (χ0n) is 41.2. The Hall–Kier alpha value is -7.08. The Morgan fingerprint density at radius 1 is 0.554 bits per heavy atom. The second-order valence-corrected chi connectivity index (χ2v) is 25.9. The van der Waals surface area contributed by atoms with Crippen LogP contribution in [0.1, 0.15) is 62.5 Å². The third-order valence-electron chi connectivity index (χ3n) is 22.6. The van der Waals surface area contributed by atoms with E-state index in [1.807, 2.05) is 11.3 Å². The quantitative estimate of drug-likeness (QED) is 0.168. The predicted molar refractivity (Wildman–Crippen MR) is 309 cm³/mol. The molecular weight excluding hydrogens is 916 g/mol. The first-order chi connectivity index (χ1) is 36.5. The summed E-state index contributed by atoms with van der Waals surface area (Å²) >= 11 is 1.92. The van der Waals surface area contributed by atoms with Gasteiger partial charge in [0.05, 0.1) is 5.52 Å². The van der Waals surface area contributed by atoms with E-state index < -0.39 is 0 Å². The fourth-order valence-corrected chi connectivity index (χ4v) is 20.9. The lowest BCUT2D eigenvalue weighted by atomic mass is 9.12. The summed E-state index contributed by atoms with van der Waals surface area (Å²) in [5, 5.41) is 14.6. The number of para-hydroxylation sites is 1. The standard InChI is InChI=1S/C69H51BN2OS/c1-2-8-36(9-3-1)37-14-19-48(20-15-37)71-57-31-52-51-22-38-10-4-5-11-39(38)23-61(51)74-62(52)33-55(57)63-64-59(32-54-49-12-6-7-13-60(49)73-66(54)63)72-58-21-18-42(68-40-16-17-41(68)25-44(68)24-40)28-50(58)53-29-43(30-56(70-64)65(53)72)67-34-46-26-45-27-47(35-67)69(45,46)67/h1-15,18-23,28-33,40-41,44-47,70-71H,16-17,24-27,34-35H2. The largest absolute Gasteiger partial charge is 0.455 e. The van der Waals surface area contributed by atoms with E-state index in [0.29, 0.717) is 16.2 Å². The number of fused-ring (bicyclic) bond motifs is 12. The highest BCUT2D eigenvalue weighted by Crippen LogP contribution is 2.92. The molecule has 9 aromatic carbocycles. The van der Waals surface area contributed by atoms with Crippen LogP contribution >= 0.6 is 11.3 Å². The van der Waals surface area contributed by atoms with E-state index in [0.717, 1.165) is 65.3 Å². The Balaban J connectivity index is 0.865. The molecule has 5 heteroatoms. The average Bonchev–Trinajstić information content (AvgIpc) is 4.11. The zero-order valence-corrected chi connectivity index (χ0v) is 42.0. The topological polar surface area (TPSA) is 30.1 Å². The Morgan fingerprint density at radius 3 is 2.07 bits per heavy atom. The third-order valence-corrected chi connectivity index (χ3v) is 23.7. The normalized spacial score (nSPS) is 28.9. The minimum absolute atomic E-state index is 0.362. The minimum Gasteiger partial charge on any atom is -0.455 e. The van der Waals surface area contributed by atoms with Gasteiger partial charge in [-0.05, 0) is 198 Å². The SMILES string of the molecule is B1c2c(cc3c(oc4ccccc43)c2-c2cc3sc4cc5ccccc5cc4c3cc2Nc2ccc(-c3ccccc3)cc2)-n2c3ccc(C45C6CCC4CC5C6)cc3c3cc(C45CC6CC7CC(C4)C765)cc1c32. The van der Waals surface area contributed by atoms with Crippen LogP contribution in [0.4, 0.5) is 11.4 Å². The van der Waals surface area contributed by atoms with E-state index in [1.165, 1.54) is 154 Å². The van der Waals surface area contributed by atoms with E-state index in [-0.39, 0.29) is 0 Å². The molecule has 0 bridgehead atoms. The fraction of sp³-hybridized carbons (Fsp3) is 0.246. The van der Waals surface area contributed by atoms with E-state index >= 15 is 0 Å². The first kappa shape index (κ1) is 39.4. The van der Waals surface area contributed by atoms with Gasteiger partial charge in [-0.2, -0.15) is 0 Å². The molecule has 12 aromatic rings. The Kier molecular flexibility index (Phi) is 6.95. The van der Waals surface area contributed by atoms with Gasteiger partial charge in [0.2, 0.25) is 0 Å². The van der Waals surface area contributed by atoms with Crippen LogP contribution in [0.5, 0.6) is 0 Å². The van der Waals surface area contributed by atoms with Gasteiger partial charge in [-0.1, -0.05) is 103 Å². The number of thiophene rings is 1. The van der Waals surface area contributed by atoms with Crippen molar-refractivity contribution >= 4 is 116 Å². The summed E-state index contributed by atoms with van der Waals surface area (Å²) in [6.07, 6.45) is 11.5. The Labute approximate surface area is 433 Å². The smallest absolute Gasteiger partial charge is 0.198 e. The van der Waals surface area contributed by atoms with Crippen LogP contribution in [-0.2, 0) is 10.8 Å². The summed E-state index contributed by atoms with van der Waals surface area (Å²) in [6, 6.07) is 63.1. The fourth-order valence-electron chi connectivity index (χ4n) is 19.7. The summed E-state index contributed by atoms with van der Waals surface area (Å²) in [7, 11) is 0.863. The van der Waals surface area contributed by atoms with Crippen molar-refractivity contribution < 1.29 is 4.42 Å². The molecule has 1 N–H and O–H groups in total. The molecule has 4 heterocycles. The number of benzene rings is 9. The molecular formula is C69H51BN2OS. The molecule has 4 atom stereocenters. The molecule has 1 spiro atoms. The van der Waals surface area contributed by atoms with Gasteiger partial charge in [0.25, 0.3) is 0 Å². The van der Waals surface area contributed by atoms with Crippen LogP contribution in [-0.4, -0.2) is 11.8 Å². The van der Waals surface area contributed by atoms with Crippen molar-refractivity contribution in [1.29, 1.82) is 0 Å². The molecule has 20 rings (SSSR count).